The van der Waals surface area contributed by atoms with Gasteiger partial charge in [0.2, 0.25) is 0 Å². The van der Waals surface area contributed by atoms with Crippen LogP contribution in [-0.2, 0) is 6.42 Å². The van der Waals surface area contributed by atoms with E-state index in [0.717, 1.165) is 43.4 Å². The largest absolute Gasteiger partial charge is 0.358 e. The van der Waals surface area contributed by atoms with Gasteiger partial charge in [0.05, 0.1) is 40.0 Å². The molecule has 0 aliphatic carbocycles. The lowest BCUT2D eigenvalue weighted by atomic mass is 10.0. The van der Waals surface area contributed by atoms with E-state index in [-0.39, 0.29) is 10.8 Å². The topological polar surface area (TPSA) is 78.5 Å². The Morgan fingerprint density at radius 1 is 0.978 bits per heavy atom. The number of nitrogens with zero attached hydrogens (tertiary/aromatic N) is 3. The summed E-state index contributed by atoms with van der Waals surface area (Å²) >= 11 is 1.66. The van der Waals surface area contributed by atoms with Gasteiger partial charge >= 0.3 is 0 Å². The number of aromatic amines is 1. The van der Waals surface area contributed by atoms with E-state index in [9.17, 15) is 0 Å². The van der Waals surface area contributed by atoms with Gasteiger partial charge in [0.1, 0.15) is 11.5 Å². The summed E-state index contributed by atoms with van der Waals surface area (Å²) < 4.78 is 16.4. The van der Waals surface area contributed by atoms with E-state index in [1.807, 2.05) is 57.3 Å². The monoisotopic (exact) mass is 614 g/mol. The fraction of sp³-hybridized carbons (Fsp3) is 0.108. The summed E-state index contributed by atoms with van der Waals surface area (Å²) in [6.45, 7) is 22.3. The third-order valence-corrected chi connectivity index (χ3v) is 8.59. The molecule has 45 heavy (non-hydrogen) atoms. The van der Waals surface area contributed by atoms with Crippen molar-refractivity contribution in [1.82, 2.24) is 20.2 Å². The molecule has 0 amide bonds. The Balaban J connectivity index is 1.42. The highest BCUT2D eigenvalue weighted by atomic mass is 32.1. The normalized spacial score (nSPS) is 12.0. The van der Waals surface area contributed by atoms with Crippen molar-refractivity contribution in [3.63, 3.8) is 0 Å². The SMILES string of the molecule is C=C(Cc1ccccc1)Nc1cncc(C(=C)/C(F)=c2/c(C(=C)Nc3cncc(-c4ccc(C(=C)C)s4)c3C)n[nH]/c2=C/C)c1. The van der Waals surface area contributed by atoms with Gasteiger partial charge in [0.15, 0.2) is 0 Å². The van der Waals surface area contributed by atoms with Crippen LogP contribution in [-0.4, -0.2) is 20.2 Å². The first-order valence-corrected chi connectivity index (χ1v) is 15.2. The Morgan fingerprint density at radius 2 is 1.73 bits per heavy atom. The van der Waals surface area contributed by atoms with Crippen LogP contribution in [0.4, 0.5) is 15.8 Å². The molecule has 4 aromatic heterocycles. The molecule has 0 fully saturated rings. The maximum atomic E-state index is 16.4. The summed E-state index contributed by atoms with van der Waals surface area (Å²) in [5.74, 6) is -0.536. The van der Waals surface area contributed by atoms with E-state index in [1.54, 1.807) is 42.1 Å². The van der Waals surface area contributed by atoms with Gasteiger partial charge in [-0.05, 0) is 55.7 Å². The Morgan fingerprint density at radius 3 is 2.44 bits per heavy atom. The molecule has 1 aromatic carbocycles. The molecule has 3 N–H and O–H groups in total. The predicted molar refractivity (Wildman–Crippen MR) is 188 cm³/mol. The fourth-order valence-corrected chi connectivity index (χ4v) is 5.88. The van der Waals surface area contributed by atoms with E-state index >= 15 is 4.39 Å². The Kier molecular flexibility index (Phi) is 9.35. The number of thiophene rings is 1. The van der Waals surface area contributed by atoms with Crippen LogP contribution < -0.4 is 21.2 Å². The molecule has 8 heteroatoms. The minimum absolute atomic E-state index is 0.171. The van der Waals surface area contributed by atoms with Gasteiger partial charge in [0.25, 0.3) is 0 Å². The molecular weight excluding hydrogens is 580 g/mol. The van der Waals surface area contributed by atoms with Crippen molar-refractivity contribution in [1.29, 1.82) is 0 Å². The van der Waals surface area contributed by atoms with E-state index in [2.05, 4.69) is 69.2 Å². The minimum atomic E-state index is -0.536. The van der Waals surface area contributed by atoms with E-state index in [0.29, 0.717) is 34.4 Å². The van der Waals surface area contributed by atoms with Gasteiger partial charge in [-0.25, -0.2) is 4.39 Å². The molecule has 0 saturated heterocycles. The molecule has 0 aliphatic heterocycles. The second-order valence-corrected chi connectivity index (χ2v) is 11.8. The van der Waals surface area contributed by atoms with Gasteiger partial charge < -0.3 is 10.6 Å². The third-order valence-electron chi connectivity index (χ3n) is 7.31. The summed E-state index contributed by atoms with van der Waals surface area (Å²) in [7, 11) is 0. The fourth-order valence-electron chi connectivity index (χ4n) is 4.88. The van der Waals surface area contributed by atoms with Crippen LogP contribution >= 0.6 is 11.3 Å². The molecule has 0 saturated carbocycles. The van der Waals surface area contributed by atoms with Crippen LogP contribution in [0.2, 0.25) is 0 Å². The number of halogens is 1. The quantitative estimate of drug-likeness (QED) is 0.140. The second kappa shape index (κ2) is 13.5. The standard InChI is InChI=1S/C37H35FN6S/c1-8-31-35(36(38)24(5)28-17-29(19-39-18-28)41-23(4)16-27-12-10-9-11-13-27)37(44-43-31)26(7)42-32-21-40-20-30(25(32)6)34-15-14-33(45-34)22(2)3/h8-15,17-21,41-43H,2,4-5,7,16H2,1,3,6H3/b31-8+,36-35-. The molecular formula is C37H35FN6S. The molecule has 0 bridgehead atoms. The smallest absolute Gasteiger partial charge is 0.142 e. The summed E-state index contributed by atoms with van der Waals surface area (Å²) in [5.41, 5.74) is 7.80. The van der Waals surface area contributed by atoms with Crippen molar-refractivity contribution in [3.05, 3.63) is 143 Å². The first-order chi connectivity index (χ1) is 21.7. The highest BCUT2D eigenvalue weighted by Crippen LogP contribution is 2.35. The molecule has 0 atom stereocenters. The van der Waals surface area contributed by atoms with Gasteiger partial charge in [-0.3, -0.25) is 15.1 Å². The summed E-state index contributed by atoms with van der Waals surface area (Å²) in [4.78, 5) is 11.0. The zero-order chi connectivity index (χ0) is 32.1. The number of allylic oxidation sites excluding steroid dienone is 3. The maximum Gasteiger partial charge on any atom is 0.142 e. The van der Waals surface area contributed by atoms with Gasteiger partial charge in [-0.1, -0.05) is 62.7 Å². The second-order valence-electron chi connectivity index (χ2n) is 10.7. The van der Waals surface area contributed by atoms with Gasteiger partial charge in [-0.15, -0.1) is 11.3 Å². The number of aromatic nitrogens is 4. The van der Waals surface area contributed by atoms with Crippen molar-refractivity contribution in [3.8, 4) is 10.4 Å². The van der Waals surface area contributed by atoms with Crippen LogP contribution in [0.1, 0.15) is 41.1 Å². The molecule has 6 nitrogen and oxygen atoms in total. The molecule has 0 unspecified atom stereocenters. The average molecular weight is 615 g/mol. The minimum Gasteiger partial charge on any atom is -0.358 e. The first kappa shape index (κ1) is 31.1. The Labute approximate surface area is 266 Å². The maximum absolute atomic E-state index is 16.4. The van der Waals surface area contributed by atoms with Crippen LogP contribution in [0.15, 0.2) is 105 Å². The molecule has 5 rings (SSSR count). The van der Waals surface area contributed by atoms with Crippen LogP contribution in [0.25, 0.3) is 39.2 Å². The molecule has 0 spiro atoms. The van der Waals surface area contributed by atoms with Crippen molar-refractivity contribution < 1.29 is 4.39 Å². The van der Waals surface area contributed by atoms with Crippen molar-refractivity contribution in [2.24, 2.45) is 0 Å². The third kappa shape index (κ3) is 6.92. The van der Waals surface area contributed by atoms with Crippen LogP contribution in [0.3, 0.4) is 0 Å². The first-order valence-electron chi connectivity index (χ1n) is 14.4. The molecule has 0 aliphatic rings. The van der Waals surface area contributed by atoms with Crippen molar-refractivity contribution >= 4 is 51.5 Å². The number of hydrogen-bond donors (Lipinski definition) is 3. The number of nitrogens with one attached hydrogen (secondary N) is 3. The van der Waals surface area contributed by atoms with Gasteiger partial charge in [-0.2, -0.15) is 5.10 Å². The molecule has 0 radical (unpaired) electrons. The lowest BCUT2D eigenvalue weighted by Crippen LogP contribution is -2.27. The zero-order valence-electron chi connectivity index (χ0n) is 25.7. The lowest BCUT2D eigenvalue weighted by molar-refractivity contribution is 0.764. The summed E-state index contributed by atoms with van der Waals surface area (Å²) in [6, 6.07) is 16.0. The predicted octanol–water partition coefficient (Wildman–Crippen LogP) is 8.11. The highest BCUT2D eigenvalue weighted by molar-refractivity contribution is 7.16. The molecule has 4 heterocycles. The Bertz CT molecular complexity index is 2050. The van der Waals surface area contributed by atoms with Crippen molar-refractivity contribution in [2.45, 2.75) is 27.2 Å². The van der Waals surface area contributed by atoms with Crippen LogP contribution in [0.5, 0.6) is 0 Å². The van der Waals surface area contributed by atoms with Crippen LogP contribution in [0, 0.1) is 6.92 Å². The molecule has 226 valence electrons. The van der Waals surface area contributed by atoms with Gasteiger partial charge in [0, 0.05) is 51.0 Å². The number of hydrogen-bond acceptors (Lipinski definition) is 6. The van der Waals surface area contributed by atoms with E-state index in [1.165, 1.54) is 0 Å². The number of pyridine rings is 2. The number of H-pyrrole nitrogens is 1. The summed E-state index contributed by atoms with van der Waals surface area (Å²) in [6.07, 6.45) is 9.23. The van der Waals surface area contributed by atoms with E-state index < -0.39 is 5.83 Å². The zero-order valence-corrected chi connectivity index (χ0v) is 26.5. The molecule has 5 aromatic rings. The average Bonchev–Trinajstić information content (AvgIpc) is 3.70. The number of rotatable bonds is 11. The highest BCUT2D eigenvalue weighted by Gasteiger charge is 2.17. The Hall–Kier alpha value is -5.34. The summed E-state index contributed by atoms with van der Waals surface area (Å²) in [5, 5.41) is 14.7. The number of benzene rings is 1. The van der Waals surface area contributed by atoms with Crippen molar-refractivity contribution in [2.75, 3.05) is 10.6 Å². The van der Waals surface area contributed by atoms with E-state index in [4.69, 9.17) is 0 Å². The lowest BCUT2D eigenvalue weighted by Gasteiger charge is -2.13. The number of anilines is 2.